The zero-order valence-corrected chi connectivity index (χ0v) is 21.8. The average molecular weight is 500 g/mol. The fourth-order valence-electron chi connectivity index (χ4n) is 5.39. The molecule has 1 saturated heterocycles. The Kier molecular flexibility index (Phi) is 8.45. The van der Waals surface area contributed by atoms with Crippen LogP contribution in [-0.4, -0.2) is 46.5 Å². The fraction of sp³-hybridized carbons (Fsp3) is 0.375. The third kappa shape index (κ3) is 6.47. The summed E-state index contributed by atoms with van der Waals surface area (Å²) in [6.45, 7) is 6.26. The minimum absolute atomic E-state index is 0.103. The molecule has 1 heterocycles. The number of benzene rings is 3. The van der Waals surface area contributed by atoms with E-state index < -0.39 is 11.4 Å². The summed E-state index contributed by atoms with van der Waals surface area (Å²) in [6, 6.07) is 25.3. The Morgan fingerprint density at radius 3 is 2.08 bits per heavy atom. The average Bonchev–Trinajstić information content (AvgIpc) is 2.91. The van der Waals surface area contributed by atoms with Gasteiger partial charge in [-0.3, -0.25) is 9.59 Å². The van der Waals surface area contributed by atoms with Crippen molar-refractivity contribution in [2.24, 2.45) is 5.92 Å². The summed E-state index contributed by atoms with van der Waals surface area (Å²) in [5.41, 5.74) is 2.92. The van der Waals surface area contributed by atoms with Crippen LogP contribution in [0.4, 0.5) is 0 Å². The Hall–Kier alpha value is -3.44. The zero-order chi connectivity index (χ0) is 26.4. The van der Waals surface area contributed by atoms with Crippen molar-refractivity contribution < 1.29 is 19.8 Å². The number of aromatic hydroxyl groups is 1. The van der Waals surface area contributed by atoms with Crippen LogP contribution in [0.15, 0.2) is 78.9 Å². The van der Waals surface area contributed by atoms with Gasteiger partial charge in [-0.05, 0) is 87.5 Å². The second-order valence-corrected chi connectivity index (χ2v) is 10.7. The van der Waals surface area contributed by atoms with Gasteiger partial charge in [-0.1, -0.05) is 66.7 Å². The monoisotopic (exact) mass is 499 g/mol. The molecule has 1 atom stereocenters. The number of nitrogens with zero attached hydrogens (tertiary/aromatic N) is 1. The van der Waals surface area contributed by atoms with E-state index in [0.29, 0.717) is 35.1 Å². The van der Waals surface area contributed by atoms with E-state index in [1.54, 1.807) is 50.2 Å². The van der Waals surface area contributed by atoms with Gasteiger partial charge in [0.05, 0.1) is 5.41 Å². The maximum absolute atomic E-state index is 12.7. The van der Waals surface area contributed by atoms with Crippen molar-refractivity contribution in [3.8, 4) is 5.75 Å². The van der Waals surface area contributed by atoms with Crippen molar-refractivity contribution in [3.63, 3.8) is 0 Å². The Labute approximate surface area is 219 Å². The molecule has 0 spiro atoms. The Morgan fingerprint density at radius 1 is 0.892 bits per heavy atom. The molecule has 194 valence electrons. The van der Waals surface area contributed by atoms with E-state index in [1.807, 2.05) is 18.2 Å². The summed E-state index contributed by atoms with van der Waals surface area (Å²) in [5.74, 6) is 0.345. The smallest absolute Gasteiger partial charge is 0.313 e. The van der Waals surface area contributed by atoms with Gasteiger partial charge < -0.3 is 15.1 Å². The number of hydrogen-bond acceptors (Lipinski definition) is 4. The minimum Gasteiger partial charge on any atom is -0.508 e. The number of phenolic OH excluding ortho intramolecular Hbond substituents is 1. The van der Waals surface area contributed by atoms with Crippen molar-refractivity contribution in [1.82, 2.24) is 4.90 Å². The Morgan fingerprint density at radius 2 is 1.49 bits per heavy atom. The van der Waals surface area contributed by atoms with Crippen LogP contribution in [0.5, 0.6) is 5.75 Å². The third-order valence-electron chi connectivity index (χ3n) is 7.86. The van der Waals surface area contributed by atoms with Crippen LogP contribution in [0.25, 0.3) is 0 Å². The minimum atomic E-state index is -0.977. The third-order valence-corrected chi connectivity index (χ3v) is 7.86. The molecule has 0 amide bonds. The van der Waals surface area contributed by atoms with Crippen molar-refractivity contribution >= 4 is 11.8 Å². The van der Waals surface area contributed by atoms with Crippen molar-refractivity contribution in [2.75, 3.05) is 19.6 Å². The molecule has 0 aliphatic carbocycles. The van der Waals surface area contributed by atoms with Crippen LogP contribution in [0.2, 0.25) is 0 Å². The predicted molar refractivity (Wildman–Crippen MR) is 146 cm³/mol. The van der Waals surface area contributed by atoms with E-state index in [0.717, 1.165) is 38.9 Å². The van der Waals surface area contributed by atoms with Crippen LogP contribution in [0, 0.1) is 5.92 Å². The normalized spacial score (nSPS) is 15.8. The van der Waals surface area contributed by atoms with Gasteiger partial charge in [0.1, 0.15) is 5.75 Å². The molecule has 0 aromatic heterocycles. The van der Waals surface area contributed by atoms with Gasteiger partial charge in [0.15, 0.2) is 5.78 Å². The summed E-state index contributed by atoms with van der Waals surface area (Å²) in [5, 5.41) is 19.2. The topological polar surface area (TPSA) is 77.8 Å². The van der Waals surface area contributed by atoms with E-state index in [1.165, 1.54) is 11.1 Å². The summed E-state index contributed by atoms with van der Waals surface area (Å²) in [7, 11) is 0. The van der Waals surface area contributed by atoms with Gasteiger partial charge in [0, 0.05) is 17.9 Å². The van der Waals surface area contributed by atoms with Gasteiger partial charge in [0.25, 0.3) is 0 Å². The van der Waals surface area contributed by atoms with Crippen LogP contribution in [0.3, 0.4) is 0 Å². The molecule has 37 heavy (non-hydrogen) atoms. The molecule has 1 aliphatic heterocycles. The number of carboxylic acid groups (broad SMARTS) is 1. The Balaban J connectivity index is 1.29. The molecule has 5 nitrogen and oxygen atoms in total. The summed E-state index contributed by atoms with van der Waals surface area (Å²) >= 11 is 0. The lowest BCUT2D eigenvalue weighted by Crippen LogP contribution is -2.36. The molecular formula is C32H37NO4. The number of ketones is 1. The number of piperidine rings is 1. The quantitative estimate of drug-likeness (QED) is 0.322. The summed E-state index contributed by atoms with van der Waals surface area (Å²) < 4.78 is 0. The number of carboxylic acids is 1. The molecule has 1 fully saturated rings. The summed E-state index contributed by atoms with van der Waals surface area (Å²) in [4.78, 5) is 26.6. The molecule has 1 aliphatic rings. The molecule has 3 aromatic carbocycles. The van der Waals surface area contributed by atoms with Crippen molar-refractivity contribution in [3.05, 3.63) is 101 Å². The maximum atomic E-state index is 12.7. The first kappa shape index (κ1) is 26.6. The highest BCUT2D eigenvalue weighted by Gasteiger charge is 2.30. The zero-order valence-electron chi connectivity index (χ0n) is 21.8. The van der Waals surface area contributed by atoms with Gasteiger partial charge in [-0.2, -0.15) is 0 Å². The van der Waals surface area contributed by atoms with E-state index in [2.05, 4.69) is 29.2 Å². The first-order chi connectivity index (χ1) is 17.8. The lowest BCUT2D eigenvalue weighted by atomic mass is 9.76. The number of carbonyl (C=O) groups is 2. The number of rotatable bonds is 10. The van der Waals surface area contributed by atoms with E-state index in [-0.39, 0.29) is 5.78 Å². The van der Waals surface area contributed by atoms with Gasteiger partial charge >= 0.3 is 5.97 Å². The number of aliphatic carboxylic acids is 1. The van der Waals surface area contributed by atoms with Gasteiger partial charge in [-0.25, -0.2) is 0 Å². The van der Waals surface area contributed by atoms with Crippen LogP contribution < -0.4 is 0 Å². The van der Waals surface area contributed by atoms with E-state index >= 15 is 0 Å². The number of likely N-dealkylation sites (tertiary alicyclic amines) is 1. The lowest BCUT2D eigenvalue weighted by molar-refractivity contribution is -0.142. The first-order valence-corrected chi connectivity index (χ1v) is 13.2. The highest BCUT2D eigenvalue weighted by molar-refractivity contribution is 5.96. The van der Waals surface area contributed by atoms with Gasteiger partial charge in [-0.15, -0.1) is 0 Å². The first-order valence-electron chi connectivity index (χ1n) is 13.2. The lowest BCUT2D eigenvalue weighted by Gasteiger charge is -2.36. The molecule has 0 saturated carbocycles. The van der Waals surface area contributed by atoms with Crippen LogP contribution >= 0.6 is 0 Å². The van der Waals surface area contributed by atoms with E-state index in [9.17, 15) is 19.8 Å². The van der Waals surface area contributed by atoms with Crippen molar-refractivity contribution in [2.45, 2.75) is 50.9 Å². The van der Waals surface area contributed by atoms with Crippen molar-refractivity contribution in [1.29, 1.82) is 0 Å². The predicted octanol–water partition coefficient (Wildman–Crippen LogP) is 6.26. The van der Waals surface area contributed by atoms with E-state index in [4.69, 9.17) is 0 Å². The Bertz CT molecular complexity index is 1180. The molecule has 0 unspecified atom stereocenters. The molecule has 0 radical (unpaired) electrons. The number of Topliss-reactive ketones (excluding diaryl/α,β-unsaturated/α-hetero) is 1. The number of carbonyl (C=O) groups excluding carboxylic acids is 1. The fourth-order valence-corrected chi connectivity index (χ4v) is 5.39. The van der Waals surface area contributed by atoms with Crippen LogP contribution in [-0.2, 0) is 10.2 Å². The molecule has 0 bridgehead atoms. The summed E-state index contributed by atoms with van der Waals surface area (Å²) in [6.07, 6.45) is 3.48. The second-order valence-electron chi connectivity index (χ2n) is 10.7. The second kappa shape index (κ2) is 11.7. The maximum Gasteiger partial charge on any atom is 0.313 e. The van der Waals surface area contributed by atoms with Gasteiger partial charge in [0.2, 0.25) is 0 Å². The standard InChI is InChI=1S/C32H37NO4/c1-32(2,31(36)37)27-14-10-23(11-15-27)29(35)9-6-20-33-21-18-26(19-22-33)30(24-7-4-3-5-8-24)25-12-16-28(34)17-13-25/h3-5,7-8,10-17,26,30,34H,6,9,18-22H2,1-2H3,(H,36,37)/t30-/m1/s1. The molecule has 4 rings (SSSR count). The SMILES string of the molecule is CC(C)(C(=O)O)c1ccc(C(=O)CCCN2CCC([C@H](c3ccccc3)c3ccc(O)cc3)CC2)cc1. The number of hydrogen-bond donors (Lipinski definition) is 2. The van der Waals surface area contributed by atoms with Crippen LogP contribution in [0.1, 0.15) is 72.5 Å². The largest absolute Gasteiger partial charge is 0.508 e. The molecule has 2 N–H and O–H groups in total. The highest BCUT2D eigenvalue weighted by Crippen LogP contribution is 2.38. The highest BCUT2D eigenvalue weighted by atomic mass is 16.4. The molecule has 5 heteroatoms. The molecule has 3 aromatic rings. The molecular weight excluding hydrogens is 462 g/mol. The number of phenols is 1.